The zero-order valence-corrected chi connectivity index (χ0v) is 61.5. The Bertz CT molecular complexity index is 4700. The number of carbonyl (C=O) groups excluding carboxylic acids is 3. The molecule has 103 heavy (non-hydrogen) atoms. The lowest BCUT2D eigenvalue weighted by atomic mass is 9.86. The Morgan fingerprint density at radius 2 is 0.796 bits per heavy atom. The number of aromatic nitrogens is 2. The molecule has 2 N–H and O–H groups in total. The first-order chi connectivity index (χ1) is 49.0. The predicted molar refractivity (Wildman–Crippen MR) is 391 cm³/mol. The van der Waals surface area contributed by atoms with Gasteiger partial charge < -0.3 is 28.2 Å². The van der Waals surface area contributed by atoms with E-state index in [1.165, 1.54) is 12.1 Å². The molecule has 0 radical (unpaired) electrons. The van der Waals surface area contributed by atoms with Crippen molar-refractivity contribution in [2.75, 3.05) is 0 Å². The van der Waals surface area contributed by atoms with Crippen molar-refractivity contribution < 1.29 is 63.6 Å². The van der Waals surface area contributed by atoms with Crippen molar-refractivity contribution in [2.24, 2.45) is 0 Å². The molecule has 0 bridgehead atoms. The molecular weight excluding hydrogens is 1370 g/mol. The molecule has 15 rings (SSSR count). The Labute approximate surface area is 605 Å². The minimum atomic E-state index is -3.80. The van der Waals surface area contributed by atoms with Crippen LogP contribution in [0.5, 0.6) is 0 Å². The standard InChI is InChI=1S/C24H26N2O4.C24H29NO5S.C17H23NO3.C7H7ClO2S.C7H5NO2/c1-24(2)21(16-8-4-3-5-9-16)26(23(28)30-24)18-14-12-17(13-15-18)25-19-10-6-7-11-20(19)29-22(25)27;1-17-9-15-21(16-10-17)31(27,28)30-20-13-11-19(12-14-20)25-22(18-7-5-4-6-8-18)24(2,3)29-23(25)26;1-17(2)15(12-6-4-3-5-7-12)18(16(20)21-17)13-8-10-14(19)11-9-13;1-6-2-4-7(5-3-6)11(8,9)10;9-7-8-5-3-1-2-4-6(5)10-7/h3-11,17-18,21H,12-15H2,1-2H3;4-10,15-16,19-20,22H,11-14H2,1-3H3;3-7,13-15,19H,8-11H2,1-2H3;2-5H,1H3;1-4H,(H,8,9)/t17?,18?,21-;19?,20?,22-;13?,14?,15-;;/m000../s1. The number of ether oxygens (including phenoxy) is 3. The Kier molecular flexibility index (Phi) is 23.0. The number of benzene rings is 7. The molecule has 6 fully saturated rings. The summed E-state index contributed by atoms with van der Waals surface area (Å²) >= 11 is 0. The van der Waals surface area contributed by atoms with Crippen molar-refractivity contribution >= 4 is 70.3 Å². The van der Waals surface area contributed by atoms with Crippen molar-refractivity contribution in [3.8, 4) is 0 Å². The number of hydrogen-bond donors (Lipinski definition) is 2. The molecule has 24 heteroatoms. The van der Waals surface area contributed by atoms with Crippen LogP contribution in [0.1, 0.15) is 171 Å². The van der Waals surface area contributed by atoms with Crippen LogP contribution >= 0.6 is 10.7 Å². The number of carbonyl (C=O) groups is 3. The number of oxazole rings is 2. The molecule has 0 spiro atoms. The first-order valence-electron chi connectivity index (χ1n) is 35.0. The van der Waals surface area contributed by atoms with Crippen LogP contribution in [0.3, 0.4) is 0 Å². The molecule has 9 aromatic rings. The molecule has 3 amide bonds. The van der Waals surface area contributed by atoms with Crippen molar-refractivity contribution in [3.63, 3.8) is 0 Å². The van der Waals surface area contributed by atoms with E-state index in [-0.39, 0.29) is 88.3 Å². The zero-order chi connectivity index (χ0) is 73.6. The lowest BCUT2D eigenvalue weighted by molar-refractivity contribution is 0.0620. The van der Waals surface area contributed by atoms with Gasteiger partial charge in [0.05, 0.1) is 51.2 Å². The Morgan fingerprint density at radius 3 is 1.21 bits per heavy atom. The van der Waals surface area contributed by atoms with E-state index in [1.807, 2.05) is 173 Å². The van der Waals surface area contributed by atoms with Gasteiger partial charge in [0.1, 0.15) is 16.8 Å². The smallest absolute Gasteiger partial charge is 0.420 e. The molecule has 546 valence electrons. The van der Waals surface area contributed by atoms with Crippen LogP contribution in [-0.4, -0.2) is 112 Å². The van der Waals surface area contributed by atoms with Crippen molar-refractivity contribution in [1.82, 2.24) is 24.3 Å². The van der Waals surface area contributed by atoms with Gasteiger partial charge in [-0.1, -0.05) is 151 Å². The Balaban J connectivity index is 0.000000137. The fourth-order valence-electron chi connectivity index (χ4n) is 15.2. The number of fused-ring (bicyclic) bond motifs is 2. The molecule has 21 nitrogen and oxygen atoms in total. The van der Waals surface area contributed by atoms with Crippen molar-refractivity contribution in [3.05, 3.63) is 237 Å². The number of aliphatic hydroxyl groups excluding tert-OH is 1. The van der Waals surface area contributed by atoms with Gasteiger partial charge in [0.15, 0.2) is 11.2 Å². The minimum absolute atomic E-state index is 0.0126. The maximum absolute atomic E-state index is 12.8. The van der Waals surface area contributed by atoms with Crippen LogP contribution in [0.25, 0.3) is 22.2 Å². The van der Waals surface area contributed by atoms with E-state index in [0.29, 0.717) is 36.8 Å². The zero-order valence-electron chi connectivity index (χ0n) is 59.1. The molecule has 0 unspecified atom stereocenters. The fourth-order valence-corrected chi connectivity index (χ4v) is 17.1. The third kappa shape index (κ3) is 17.6. The van der Waals surface area contributed by atoms with E-state index in [9.17, 15) is 45.9 Å². The van der Waals surface area contributed by atoms with E-state index >= 15 is 0 Å². The normalized spacial score (nSPS) is 24.2. The highest BCUT2D eigenvalue weighted by Crippen LogP contribution is 2.48. The predicted octanol–water partition coefficient (Wildman–Crippen LogP) is 16.3. The van der Waals surface area contributed by atoms with Gasteiger partial charge >= 0.3 is 29.8 Å². The summed E-state index contributed by atoms with van der Waals surface area (Å²) in [6.07, 6.45) is 7.59. The molecule has 3 saturated carbocycles. The number of aliphatic hydroxyl groups is 1. The summed E-state index contributed by atoms with van der Waals surface area (Å²) in [4.78, 5) is 69.6. The maximum Gasteiger partial charge on any atom is 0.420 e. The molecule has 2 aromatic heterocycles. The van der Waals surface area contributed by atoms with E-state index < -0.39 is 41.7 Å². The van der Waals surface area contributed by atoms with Gasteiger partial charge in [-0.25, -0.2) is 32.4 Å². The molecule has 3 atom stereocenters. The number of nitrogens with zero attached hydrogens (tertiary/aromatic N) is 4. The van der Waals surface area contributed by atoms with E-state index in [1.54, 1.807) is 53.1 Å². The lowest BCUT2D eigenvalue weighted by Crippen LogP contribution is -2.43. The third-order valence-corrected chi connectivity index (χ3v) is 22.8. The first-order valence-corrected chi connectivity index (χ1v) is 38.8. The second-order valence-corrected chi connectivity index (χ2v) is 32.9. The van der Waals surface area contributed by atoms with Crippen molar-refractivity contribution in [1.29, 1.82) is 0 Å². The van der Waals surface area contributed by atoms with Crippen LogP contribution in [0.15, 0.2) is 216 Å². The Morgan fingerprint density at radius 1 is 0.437 bits per heavy atom. The van der Waals surface area contributed by atoms with Crippen LogP contribution in [0.4, 0.5) is 14.4 Å². The van der Waals surface area contributed by atoms with Crippen LogP contribution in [-0.2, 0) is 37.6 Å². The number of nitrogens with one attached hydrogen (secondary N) is 1. The number of hydrogen-bond acceptors (Lipinski definition) is 16. The van der Waals surface area contributed by atoms with Crippen LogP contribution in [0.2, 0.25) is 0 Å². The summed E-state index contributed by atoms with van der Waals surface area (Å²) < 4.78 is 81.3. The summed E-state index contributed by atoms with van der Waals surface area (Å²) in [5.74, 6) is -0.704. The summed E-state index contributed by atoms with van der Waals surface area (Å²) in [7, 11) is -2.27. The number of halogens is 1. The van der Waals surface area contributed by atoms with Crippen LogP contribution in [0, 0.1) is 13.8 Å². The molecular formula is C79H90ClN5O16S2. The van der Waals surface area contributed by atoms with Gasteiger partial charge in [-0.2, -0.15) is 8.42 Å². The van der Waals surface area contributed by atoms with Gasteiger partial charge in [0.2, 0.25) is 0 Å². The Hall–Kier alpha value is -9.00. The van der Waals surface area contributed by atoms with Gasteiger partial charge in [-0.15, -0.1) is 0 Å². The number of amides is 3. The van der Waals surface area contributed by atoms with Gasteiger partial charge in [-0.3, -0.25) is 28.4 Å². The second kappa shape index (κ2) is 31.5. The molecule has 3 aliphatic carbocycles. The molecule has 5 heterocycles. The quantitative estimate of drug-likeness (QED) is 0.0692. The third-order valence-electron chi connectivity index (χ3n) is 20.1. The first kappa shape index (κ1) is 75.2. The number of para-hydroxylation sites is 4. The number of aromatic amines is 1. The van der Waals surface area contributed by atoms with Gasteiger partial charge in [0.25, 0.3) is 19.2 Å². The van der Waals surface area contributed by atoms with Gasteiger partial charge in [-0.05, 0) is 198 Å². The average molecular weight is 1470 g/mol. The number of cyclic esters (lactones) is 3. The van der Waals surface area contributed by atoms with E-state index in [2.05, 4.69) is 29.2 Å². The summed E-state index contributed by atoms with van der Waals surface area (Å²) in [6.45, 7) is 15.6. The molecule has 3 saturated heterocycles. The second-order valence-electron chi connectivity index (χ2n) is 28.8. The van der Waals surface area contributed by atoms with Crippen molar-refractivity contribution in [2.45, 2.75) is 214 Å². The van der Waals surface area contributed by atoms with E-state index in [4.69, 9.17) is 37.9 Å². The lowest BCUT2D eigenvalue weighted by Gasteiger charge is -2.38. The average Bonchev–Trinajstić information content (AvgIpc) is 1.62. The molecule has 6 aliphatic rings. The number of rotatable bonds is 11. The highest BCUT2D eigenvalue weighted by Gasteiger charge is 2.54. The largest absolute Gasteiger partial charge is 0.441 e. The maximum atomic E-state index is 12.8. The molecule has 7 aromatic carbocycles. The monoisotopic (exact) mass is 1460 g/mol. The molecule has 3 aliphatic heterocycles. The SMILES string of the molecule is CC1(C)OC(=O)N(C2CCC(O)CC2)[C@H]1c1ccccc1.CC1(C)OC(=O)N(C2CCC(n3c(=O)oc4ccccc43)CC2)[C@H]1c1ccccc1.Cc1ccc(S(=O)(=O)Cl)cc1.Cc1ccc(S(=O)(=O)OC2CCC(N3C(=O)OC(C)(C)[C@@H]3c3ccccc3)CC2)cc1.O=c1[nH]c2ccccc2o1. The minimum Gasteiger partial charge on any atom is -0.441 e. The topological polar surface area (TPSA) is 267 Å². The number of H-pyrrole nitrogens is 1. The van der Waals surface area contributed by atoms with E-state index in [0.717, 1.165) is 90.2 Å². The van der Waals surface area contributed by atoms with Gasteiger partial charge in [0, 0.05) is 34.8 Å². The van der Waals surface area contributed by atoms with Crippen LogP contribution < -0.4 is 11.5 Å². The number of aryl methyl sites for hydroxylation is 2. The fraction of sp³-hybridized carbons (Fsp3) is 0.405. The summed E-state index contributed by atoms with van der Waals surface area (Å²) in [6, 6.07) is 57.9. The highest BCUT2D eigenvalue weighted by atomic mass is 35.7. The summed E-state index contributed by atoms with van der Waals surface area (Å²) in [5.41, 5.74) is 6.29. The summed E-state index contributed by atoms with van der Waals surface area (Å²) in [5, 5.41) is 9.69. The highest BCUT2D eigenvalue weighted by molar-refractivity contribution is 8.13.